The summed E-state index contributed by atoms with van der Waals surface area (Å²) in [6, 6.07) is 0. The van der Waals surface area contributed by atoms with E-state index < -0.39 is 19.7 Å². The third-order valence-electron chi connectivity index (χ3n) is 0.907. The molecular weight excluding hydrogens is 200 g/mol. The summed E-state index contributed by atoms with van der Waals surface area (Å²) in [4.78, 5) is 0. The summed E-state index contributed by atoms with van der Waals surface area (Å²) in [5.41, 5.74) is -5.82. The topological polar surface area (TPSA) is 0 Å². The predicted octanol–water partition coefficient (Wildman–Crippen LogP) is 3.29. The van der Waals surface area contributed by atoms with Crippen molar-refractivity contribution < 1.29 is 30.3 Å². The molecule has 0 N–H and O–H groups in total. The van der Waals surface area contributed by atoms with Crippen molar-refractivity contribution in [2.75, 3.05) is 6.66 Å². The molecule has 0 spiro atoms. The number of alkyl halides is 5. The zero-order chi connectivity index (χ0) is 9.50. The van der Waals surface area contributed by atoms with E-state index in [9.17, 15) is 30.3 Å². The van der Waals surface area contributed by atoms with Gasteiger partial charge in [-0.2, -0.15) is 0 Å². The Balaban J connectivity index is 4.75. The van der Waals surface area contributed by atoms with Crippen molar-refractivity contribution in [3.8, 4) is 0 Å². The van der Waals surface area contributed by atoms with Crippen LogP contribution in [-0.2, 0) is 0 Å². The van der Waals surface area contributed by atoms with E-state index in [-0.39, 0.29) is 6.66 Å². The molecule has 0 saturated carbocycles. The molecular formula is C3H4F7P. The molecule has 0 heterocycles. The van der Waals surface area contributed by atoms with Crippen molar-refractivity contribution in [3.05, 3.63) is 0 Å². The molecule has 0 aromatic carbocycles. The van der Waals surface area contributed by atoms with Gasteiger partial charge in [0.15, 0.2) is 0 Å². The molecule has 0 saturated heterocycles. The van der Waals surface area contributed by atoms with Crippen LogP contribution in [0.5, 0.6) is 0 Å². The molecule has 0 unspecified atom stereocenters. The fourth-order valence-corrected chi connectivity index (χ4v) is 0.747. The summed E-state index contributed by atoms with van der Waals surface area (Å²) in [6.45, 7) is -0.347. The van der Waals surface area contributed by atoms with Crippen LogP contribution in [0.15, 0.2) is 0 Å². The van der Waals surface area contributed by atoms with Crippen molar-refractivity contribution in [2.24, 2.45) is 0 Å². The molecule has 8 heteroatoms. The van der Waals surface area contributed by atoms with Crippen LogP contribution in [0.4, 0.5) is 30.3 Å². The van der Waals surface area contributed by atoms with E-state index in [1.807, 2.05) is 0 Å². The Morgan fingerprint density at radius 3 is 1.18 bits per heavy atom. The van der Waals surface area contributed by atoms with Gasteiger partial charge in [0.25, 0.3) is 0 Å². The molecule has 70 valence electrons. The fourth-order valence-electron chi connectivity index (χ4n) is 0.249. The summed E-state index contributed by atoms with van der Waals surface area (Å²) in [6.07, 6.45) is -6.14. The summed E-state index contributed by atoms with van der Waals surface area (Å²) in [7, 11) is -6.48. The first-order valence-corrected chi connectivity index (χ1v) is 4.58. The standard InChI is InChI=1S/C3H4F7P/c1-11(9,10)3(7,8)2(4,5)6/h11H,1H3. The molecule has 0 amide bonds. The van der Waals surface area contributed by atoms with E-state index >= 15 is 0 Å². The molecule has 0 radical (unpaired) electrons. The summed E-state index contributed by atoms with van der Waals surface area (Å²) in [5.74, 6) is 0. The van der Waals surface area contributed by atoms with Crippen LogP contribution in [0, 0.1) is 0 Å². The maximum atomic E-state index is 11.7. The molecule has 0 aliphatic heterocycles. The number of hydrogen-bond donors (Lipinski definition) is 0. The van der Waals surface area contributed by atoms with E-state index in [0.29, 0.717) is 0 Å². The molecule has 0 nitrogen and oxygen atoms in total. The average Bonchev–Trinajstić information content (AvgIpc) is 1.58. The van der Waals surface area contributed by atoms with Crippen LogP contribution >= 0.6 is 7.88 Å². The summed E-state index contributed by atoms with van der Waals surface area (Å²) in [5, 5.41) is 0. The van der Waals surface area contributed by atoms with Crippen LogP contribution in [0.25, 0.3) is 0 Å². The second-order valence-corrected chi connectivity index (χ2v) is 4.37. The number of rotatable bonds is 1. The van der Waals surface area contributed by atoms with Crippen LogP contribution < -0.4 is 0 Å². The van der Waals surface area contributed by atoms with Crippen molar-refractivity contribution in [1.29, 1.82) is 0 Å². The molecule has 0 bridgehead atoms. The second-order valence-electron chi connectivity index (χ2n) is 1.96. The second kappa shape index (κ2) is 2.47. The van der Waals surface area contributed by atoms with Gasteiger partial charge in [-0.25, -0.2) is 0 Å². The van der Waals surface area contributed by atoms with E-state index in [2.05, 4.69) is 0 Å². The molecule has 11 heavy (non-hydrogen) atoms. The van der Waals surface area contributed by atoms with E-state index in [0.717, 1.165) is 0 Å². The van der Waals surface area contributed by atoms with Gasteiger partial charge in [0, 0.05) is 0 Å². The Kier molecular flexibility index (Phi) is 2.45. The quantitative estimate of drug-likeness (QED) is 0.454. The normalized spacial score (nSPS) is 16.7. The first kappa shape index (κ1) is 10.9. The van der Waals surface area contributed by atoms with Gasteiger partial charge in [-0.15, -0.1) is 0 Å². The maximum absolute atomic E-state index is 11.7. The van der Waals surface area contributed by atoms with Crippen molar-refractivity contribution in [3.63, 3.8) is 0 Å². The third-order valence-corrected chi connectivity index (χ3v) is 2.29. The first-order chi connectivity index (χ1) is 4.50. The third kappa shape index (κ3) is 1.95. The minimum absolute atomic E-state index is 0.347. The van der Waals surface area contributed by atoms with Gasteiger partial charge in [0.05, 0.1) is 0 Å². The summed E-state index contributed by atoms with van der Waals surface area (Å²) < 4.78 is 80.0. The Bertz CT molecular complexity index is 125. The Labute approximate surface area is 58.0 Å². The molecule has 0 aliphatic carbocycles. The monoisotopic (exact) mass is 204 g/mol. The van der Waals surface area contributed by atoms with Gasteiger partial charge in [-0.05, 0) is 0 Å². The zero-order valence-electron chi connectivity index (χ0n) is 5.15. The Morgan fingerprint density at radius 1 is 0.909 bits per heavy atom. The SMILES string of the molecule is C[PH](F)(F)C(F)(F)C(F)(F)F. The van der Waals surface area contributed by atoms with Gasteiger partial charge >= 0.3 is 56.7 Å². The predicted molar refractivity (Wildman–Crippen MR) is 27.5 cm³/mol. The molecule has 0 aliphatic rings. The van der Waals surface area contributed by atoms with Crippen molar-refractivity contribution >= 4 is 7.88 Å². The molecule has 0 aromatic heterocycles. The van der Waals surface area contributed by atoms with Gasteiger partial charge in [0.1, 0.15) is 0 Å². The zero-order valence-corrected chi connectivity index (χ0v) is 6.15. The fraction of sp³-hybridized carbons (Fsp3) is 1.00. The minimum atomic E-state index is -6.48. The number of halogens is 7. The van der Waals surface area contributed by atoms with E-state index in [4.69, 9.17) is 0 Å². The Morgan fingerprint density at radius 2 is 1.18 bits per heavy atom. The molecule has 0 fully saturated rings. The molecule has 0 atom stereocenters. The van der Waals surface area contributed by atoms with Crippen LogP contribution in [0.3, 0.4) is 0 Å². The number of hydrogen-bond acceptors (Lipinski definition) is 0. The molecule has 0 aromatic rings. The van der Waals surface area contributed by atoms with Crippen LogP contribution in [0.1, 0.15) is 0 Å². The van der Waals surface area contributed by atoms with E-state index in [1.54, 1.807) is 0 Å². The molecule has 0 rings (SSSR count). The summed E-state index contributed by atoms with van der Waals surface area (Å²) >= 11 is 0. The van der Waals surface area contributed by atoms with Crippen molar-refractivity contribution in [1.82, 2.24) is 0 Å². The van der Waals surface area contributed by atoms with Gasteiger partial charge in [-0.3, -0.25) is 0 Å². The van der Waals surface area contributed by atoms with Crippen LogP contribution in [0.2, 0.25) is 0 Å². The first-order valence-electron chi connectivity index (χ1n) is 2.32. The van der Waals surface area contributed by atoms with Crippen molar-refractivity contribution in [2.45, 2.75) is 11.8 Å². The van der Waals surface area contributed by atoms with E-state index in [1.165, 1.54) is 0 Å². The van der Waals surface area contributed by atoms with Crippen LogP contribution in [-0.4, -0.2) is 18.5 Å². The van der Waals surface area contributed by atoms with Gasteiger partial charge in [-0.1, -0.05) is 0 Å². The Hall–Kier alpha value is -0.0600. The average molecular weight is 204 g/mol. The van der Waals surface area contributed by atoms with Gasteiger partial charge in [0.2, 0.25) is 0 Å². The van der Waals surface area contributed by atoms with Gasteiger partial charge < -0.3 is 0 Å².